The van der Waals surface area contributed by atoms with Crippen LogP contribution < -0.4 is 5.73 Å². The van der Waals surface area contributed by atoms with Crippen molar-refractivity contribution in [1.29, 1.82) is 0 Å². The van der Waals surface area contributed by atoms with E-state index in [1.807, 2.05) is 6.92 Å². The van der Waals surface area contributed by atoms with E-state index in [2.05, 4.69) is 0 Å². The van der Waals surface area contributed by atoms with Crippen LogP contribution in [0.4, 0.5) is 5.69 Å². The van der Waals surface area contributed by atoms with Crippen molar-refractivity contribution in [2.75, 3.05) is 25.4 Å². The number of anilines is 1. The SMILES string of the molecule is CC1CN(S(=O)(=O)c2ccc(Cl)cc2N)CCCO1. The van der Waals surface area contributed by atoms with Gasteiger partial charge in [0.05, 0.1) is 11.8 Å². The molecule has 0 saturated carbocycles. The molecule has 7 heteroatoms. The molecule has 0 radical (unpaired) electrons. The van der Waals surface area contributed by atoms with Crippen LogP contribution in [0, 0.1) is 0 Å². The number of halogens is 1. The maximum Gasteiger partial charge on any atom is 0.245 e. The minimum atomic E-state index is -3.60. The van der Waals surface area contributed by atoms with Crippen molar-refractivity contribution in [2.45, 2.75) is 24.3 Å². The molecular weight excluding hydrogens is 288 g/mol. The highest BCUT2D eigenvalue weighted by Crippen LogP contribution is 2.26. The van der Waals surface area contributed by atoms with Gasteiger partial charge in [-0.3, -0.25) is 0 Å². The van der Waals surface area contributed by atoms with Gasteiger partial charge in [0.15, 0.2) is 0 Å². The monoisotopic (exact) mass is 304 g/mol. The van der Waals surface area contributed by atoms with Gasteiger partial charge in [0.25, 0.3) is 0 Å². The van der Waals surface area contributed by atoms with Crippen LogP contribution in [0.15, 0.2) is 23.1 Å². The van der Waals surface area contributed by atoms with E-state index in [9.17, 15) is 8.42 Å². The van der Waals surface area contributed by atoms with E-state index in [-0.39, 0.29) is 16.7 Å². The molecule has 1 unspecified atom stereocenters. The maximum atomic E-state index is 12.6. The Morgan fingerprint density at radius 3 is 2.89 bits per heavy atom. The van der Waals surface area contributed by atoms with E-state index in [4.69, 9.17) is 22.1 Å². The summed E-state index contributed by atoms with van der Waals surface area (Å²) in [6, 6.07) is 4.43. The Kier molecular flexibility index (Phi) is 4.35. The van der Waals surface area contributed by atoms with Crippen LogP contribution in [0.2, 0.25) is 5.02 Å². The van der Waals surface area contributed by atoms with Crippen LogP contribution in [-0.2, 0) is 14.8 Å². The van der Waals surface area contributed by atoms with E-state index in [1.165, 1.54) is 22.5 Å². The predicted octanol–water partition coefficient (Wildman–Crippen LogP) is 1.72. The Labute approximate surface area is 118 Å². The summed E-state index contributed by atoms with van der Waals surface area (Å²) < 4.78 is 32.0. The van der Waals surface area contributed by atoms with Gasteiger partial charge in [-0.15, -0.1) is 0 Å². The molecule has 0 aromatic heterocycles. The summed E-state index contributed by atoms with van der Waals surface area (Å²) in [5, 5.41) is 0.420. The molecule has 0 bridgehead atoms. The first-order valence-electron chi connectivity index (χ1n) is 6.08. The Morgan fingerprint density at radius 2 is 2.21 bits per heavy atom. The normalized spacial score (nSPS) is 22.1. The van der Waals surface area contributed by atoms with Crippen molar-refractivity contribution < 1.29 is 13.2 Å². The molecule has 1 saturated heterocycles. The van der Waals surface area contributed by atoms with E-state index < -0.39 is 10.0 Å². The Morgan fingerprint density at radius 1 is 1.47 bits per heavy atom. The zero-order chi connectivity index (χ0) is 14.0. The van der Waals surface area contributed by atoms with Gasteiger partial charge in [0, 0.05) is 24.7 Å². The predicted molar refractivity (Wildman–Crippen MR) is 74.7 cm³/mol. The summed E-state index contributed by atoms with van der Waals surface area (Å²) in [6.07, 6.45) is 0.558. The number of nitrogen functional groups attached to an aromatic ring is 1. The van der Waals surface area contributed by atoms with E-state index in [0.717, 1.165) is 0 Å². The summed E-state index contributed by atoms with van der Waals surface area (Å²) in [4.78, 5) is 0.103. The molecule has 19 heavy (non-hydrogen) atoms. The highest BCUT2D eigenvalue weighted by Gasteiger charge is 2.29. The van der Waals surface area contributed by atoms with Gasteiger partial charge in [0.2, 0.25) is 10.0 Å². The van der Waals surface area contributed by atoms with Gasteiger partial charge in [-0.1, -0.05) is 11.6 Å². The van der Waals surface area contributed by atoms with Gasteiger partial charge in [0.1, 0.15) is 4.90 Å². The lowest BCUT2D eigenvalue weighted by Crippen LogP contribution is -2.36. The number of rotatable bonds is 2. The number of nitrogens with two attached hydrogens (primary N) is 1. The largest absolute Gasteiger partial charge is 0.398 e. The third-order valence-electron chi connectivity index (χ3n) is 3.00. The van der Waals surface area contributed by atoms with Gasteiger partial charge in [-0.2, -0.15) is 4.31 Å². The molecular formula is C12H17ClN2O3S. The minimum absolute atomic E-state index is 0.103. The number of hydrogen-bond donors (Lipinski definition) is 1. The quantitative estimate of drug-likeness (QED) is 0.844. The number of ether oxygens (including phenoxy) is 1. The maximum absolute atomic E-state index is 12.6. The second-order valence-electron chi connectivity index (χ2n) is 4.58. The Bertz CT molecular complexity index is 562. The second-order valence-corrected chi connectivity index (χ2v) is 6.92. The van der Waals surface area contributed by atoms with Gasteiger partial charge < -0.3 is 10.5 Å². The molecule has 1 aromatic rings. The van der Waals surface area contributed by atoms with Crippen LogP contribution in [0.3, 0.4) is 0 Å². The first-order valence-corrected chi connectivity index (χ1v) is 7.90. The molecule has 5 nitrogen and oxygen atoms in total. The number of hydrogen-bond acceptors (Lipinski definition) is 4. The highest BCUT2D eigenvalue weighted by molar-refractivity contribution is 7.89. The smallest absolute Gasteiger partial charge is 0.245 e. The van der Waals surface area contributed by atoms with Crippen LogP contribution in [-0.4, -0.2) is 38.5 Å². The number of sulfonamides is 1. The number of benzene rings is 1. The van der Waals surface area contributed by atoms with Crippen molar-refractivity contribution in [3.05, 3.63) is 23.2 Å². The lowest BCUT2D eigenvalue weighted by Gasteiger charge is -2.22. The lowest BCUT2D eigenvalue weighted by molar-refractivity contribution is 0.0752. The average Bonchev–Trinajstić information content (AvgIpc) is 2.53. The third-order valence-corrected chi connectivity index (χ3v) is 5.18. The van der Waals surface area contributed by atoms with Crippen LogP contribution in [0.5, 0.6) is 0 Å². The molecule has 2 rings (SSSR count). The fourth-order valence-electron chi connectivity index (χ4n) is 2.07. The van der Waals surface area contributed by atoms with Gasteiger partial charge >= 0.3 is 0 Å². The molecule has 1 fully saturated rings. The first-order chi connectivity index (χ1) is 8.91. The summed E-state index contributed by atoms with van der Waals surface area (Å²) in [5.74, 6) is 0. The summed E-state index contributed by atoms with van der Waals surface area (Å²) >= 11 is 5.79. The third kappa shape index (κ3) is 3.20. The molecule has 1 atom stereocenters. The van der Waals surface area contributed by atoms with Crippen molar-refractivity contribution >= 4 is 27.3 Å². The van der Waals surface area contributed by atoms with Crippen molar-refractivity contribution in [3.8, 4) is 0 Å². The van der Waals surface area contributed by atoms with Crippen LogP contribution in [0.1, 0.15) is 13.3 Å². The van der Waals surface area contributed by atoms with E-state index in [0.29, 0.717) is 31.1 Å². The molecule has 0 aliphatic carbocycles. The zero-order valence-electron chi connectivity index (χ0n) is 10.7. The van der Waals surface area contributed by atoms with Crippen LogP contribution >= 0.6 is 11.6 Å². The summed E-state index contributed by atoms with van der Waals surface area (Å²) in [7, 11) is -3.60. The average molecular weight is 305 g/mol. The molecule has 0 amide bonds. The molecule has 0 spiro atoms. The zero-order valence-corrected chi connectivity index (χ0v) is 12.2. The topological polar surface area (TPSA) is 72.6 Å². The van der Waals surface area contributed by atoms with E-state index >= 15 is 0 Å². The fourth-order valence-corrected chi connectivity index (χ4v) is 3.90. The molecule has 1 aliphatic heterocycles. The molecule has 1 aliphatic rings. The van der Waals surface area contributed by atoms with Crippen LogP contribution in [0.25, 0.3) is 0 Å². The van der Waals surface area contributed by atoms with Gasteiger partial charge in [-0.25, -0.2) is 8.42 Å². The molecule has 1 aromatic carbocycles. The van der Waals surface area contributed by atoms with Gasteiger partial charge in [-0.05, 0) is 31.5 Å². The lowest BCUT2D eigenvalue weighted by atomic mass is 10.3. The fraction of sp³-hybridized carbons (Fsp3) is 0.500. The molecule has 1 heterocycles. The summed E-state index contributed by atoms with van der Waals surface area (Å²) in [6.45, 7) is 3.21. The Balaban J connectivity index is 2.35. The summed E-state index contributed by atoms with van der Waals surface area (Å²) in [5.41, 5.74) is 5.94. The Hall–Kier alpha value is -0.820. The van der Waals surface area contributed by atoms with Crippen molar-refractivity contribution in [1.82, 2.24) is 4.31 Å². The second kappa shape index (κ2) is 5.66. The highest BCUT2D eigenvalue weighted by atomic mass is 35.5. The van der Waals surface area contributed by atoms with Crippen molar-refractivity contribution in [2.24, 2.45) is 0 Å². The molecule has 106 valence electrons. The van der Waals surface area contributed by atoms with E-state index in [1.54, 1.807) is 0 Å². The molecule has 2 N–H and O–H groups in total. The van der Waals surface area contributed by atoms with Crippen molar-refractivity contribution in [3.63, 3.8) is 0 Å². The standard InChI is InChI=1S/C12H17ClN2O3S/c1-9-8-15(5-2-6-18-9)19(16,17)12-4-3-10(13)7-11(12)14/h3-4,7,9H,2,5-6,8,14H2,1H3. The minimum Gasteiger partial charge on any atom is -0.398 e. The number of nitrogens with zero attached hydrogens (tertiary/aromatic N) is 1. The first kappa shape index (κ1) is 14.6.